The highest BCUT2D eigenvalue weighted by Crippen LogP contribution is 2.15. The summed E-state index contributed by atoms with van der Waals surface area (Å²) in [7, 11) is 0. The van der Waals surface area contributed by atoms with Crippen LogP contribution in [-0.2, 0) is 14.3 Å². The van der Waals surface area contributed by atoms with E-state index >= 15 is 0 Å². The SMILES string of the molecule is CCN(CC)C(=O)c1cccc(NC(=O)COC(=O)[C@@H](C)Oc2cccc(C)c2)c1. The first kappa shape index (κ1) is 22.9. The summed E-state index contributed by atoms with van der Waals surface area (Å²) in [4.78, 5) is 38.4. The summed E-state index contributed by atoms with van der Waals surface area (Å²) in [6.45, 7) is 8.05. The molecule has 0 fully saturated rings. The molecular formula is C23H28N2O5. The summed E-state index contributed by atoms with van der Waals surface area (Å²) in [6.07, 6.45) is -0.852. The molecule has 30 heavy (non-hydrogen) atoms. The van der Waals surface area contributed by atoms with Crippen LogP contribution in [-0.4, -0.2) is 48.5 Å². The molecule has 0 spiro atoms. The van der Waals surface area contributed by atoms with Crippen LogP contribution >= 0.6 is 0 Å². The van der Waals surface area contributed by atoms with Crippen molar-refractivity contribution in [1.29, 1.82) is 0 Å². The van der Waals surface area contributed by atoms with E-state index in [0.717, 1.165) is 5.56 Å². The normalized spacial score (nSPS) is 11.3. The second-order valence-corrected chi connectivity index (χ2v) is 6.79. The first-order valence-electron chi connectivity index (χ1n) is 9.93. The van der Waals surface area contributed by atoms with Gasteiger partial charge in [-0.3, -0.25) is 9.59 Å². The van der Waals surface area contributed by atoms with Crippen LogP contribution < -0.4 is 10.1 Å². The third kappa shape index (κ3) is 6.62. The molecule has 0 saturated carbocycles. The molecule has 1 N–H and O–H groups in total. The van der Waals surface area contributed by atoms with Gasteiger partial charge in [0.1, 0.15) is 5.75 Å². The van der Waals surface area contributed by atoms with Gasteiger partial charge >= 0.3 is 5.97 Å². The summed E-state index contributed by atoms with van der Waals surface area (Å²) >= 11 is 0. The summed E-state index contributed by atoms with van der Waals surface area (Å²) in [5.41, 5.74) is 1.95. The summed E-state index contributed by atoms with van der Waals surface area (Å²) in [5, 5.41) is 2.64. The fourth-order valence-electron chi connectivity index (χ4n) is 2.82. The van der Waals surface area contributed by atoms with Gasteiger partial charge in [-0.15, -0.1) is 0 Å². The van der Waals surface area contributed by atoms with Crippen LogP contribution in [0.25, 0.3) is 0 Å². The maximum Gasteiger partial charge on any atom is 0.347 e. The van der Waals surface area contributed by atoms with E-state index in [9.17, 15) is 14.4 Å². The number of ether oxygens (including phenoxy) is 2. The van der Waals surface area contributed by atoms with Gasteiger partial charge in [0.25, 0.3) is 11.8 Å². The summed E-state index contributed by atoms with van der Waals surface area (Å²) < 4.78 is 10.6. The zero-order valence-electron chi connectivity index (χ0n) is 17.8. The topological polar surface area (TPSA) is 84.9 Å². The molecule has 160 valence electrons. The predicted octanol–water partition coefficient (Wildman–Crippen LogP) is 3.43. The number of aryl methyl sites for hydroxylation is 1. The molecule has 0 aliphatic carbocycles. The Labute approximate surface area is 177 Å². The van der Waals surface area contributed by atoms with E-state index in [4.69, 9.17) is 9.47 Å². The van der Waals surface area contributed by atoms with Gasteiger partial charge in [-0.25, -0.2) is 4.79 Å². The van der Waals surface area contributed by atoms with E-state index in [-0.39, 0.29) is 5.91 Å². The van der Waals surface area contributed by atoms with Crippen LogP contribution in [0.4, 0.5) is 5.69 Å². The first-order valence-corrected chi connectivity index (χ1v) is 9.93. The van der Waals surface area contributed by atoms with Crippen LogP contribution in [0.3, 0.4) is 0 Å². The minimum Gasteiger partial charge on any atom is -0.479 e. The van der Waals surface area contributed by atoms with Crippen LogP contribution in [0.15, 0.2) is 48.5 Å². The number of amides is 2. The van der Waals surface area contributed by atoms with Gasteiger partial charge in [-0.05, 0) is 63.6 Å². The molecule has 1 atom stereocenters. The van der Waals surface area contributed by atoms with E-state index in [2.05, 4.69) is 5.32 Å². The maximum atomic E-state index is 12.4. The second kappa shape index (κ2) is 11.0. The maximum absolute atomic E-state index is 12.4. The number of rotatable bonds is 9. The number of nitrogens with zero attached hydrogens (tertiary/aromatic N) is 1. The highest BCUT2D eigenvalue weighted by molar-refractivity contribution is 5.97. The molecule has 0 unspecified atom stereocenters. The van der Waals surface area contributed by atoms with Crippen LogP contribution in [0.5, 0.6) is 5.75 Å². The average molecular weight is 412 g/mol. The Morgan fingerprint density at radius 3 is 2.40 bits per heavy atom. The molecule has 0 aromatic heterocycles. The summed E-state index contributed by atoms with van der Waals surface area (Å²) in [5.74, 6) is -0.695. The molecule has 7 nitrogen and oxygen atoms in total. The average Bonchev–Trinajstić information content (AvgIpc) is 2.73. The van der Waals surface area contributed by atoms with Gasteiger partial charge < -0.3 is 19.7 Å². The number of carbonyl (C=O) groups is 3. The van der Waals surface area contributed by atoms with E-state index in [1.54, 1.807) is 42.2 Å². The van der Waals surface area contributed by atoms with Gasteiger partial charge in [0.15, 0.2) is 12.7 Å². The molecular weight excluding hydrogens is 384 g/mol. The highest BCUT2D eigenvalue weighted by Gasteiger charge is 2.18. The molecule has 2 aromatic carbocycles. The fourth-order valence-corrected chi connectivity index (χ4v) is 2.82. The van der Waals surface area contributed by atoms with E-state index < -0.39 is 24.6 Å². The Hall–Kier alpha value is -3.35. The number of hydrogen-bond acceptors (Lipinski definition) is 5. The largest absolute Gasteiger partial charge is 0.479 e. The number of carbonyl (C=O) groups excluding carboxylic acids is 3. The van der Waals surface area contributed by atoms with Crippen molar-refractivity contribution in [3.05, 3.63) is 59.7 Å². The highest BCUT2D eigenvalue weighted by atomic mass is 16.6. The standard InChI is InChI=1S/C23H28N2O5/c1-5-25(6-2)22(27)18-10-8-11-19(14-18)24-21(26)15-29-23(28)17(4)30-20-12-7-9-16(3)13-20/h7-14,17H,5-6,15H2,1-4H3,(H,24,26)/t17-/m1/s1. The molecule has 0 aliphatic rings. The number of esters is 1. The van der Waals surface area contributed by atoms with Crippen molar-refractivity contribution in [3.8, 4) is 5.75 Å². The fraction of sp³-hybridized carbons (Fsp3) is 0.348. The lowest BCUT2D eigenvalue weighted by molar-refractivity contribution is -0.153. The van der Waals surface area contributed by atoms with Crippen LogP contribution in [0.2, 0.25) is 0 Å². The summed E-state index contributed by atoms with van der Waals surface area (Å²) in [6, 6.07) is 14.0. The molecule has 0 bridgehead atoms. The predicted molar refractivity (Wildman–Crippen MR) is 115 cm³/mol. The van der Waals surface area contributed by atoms with E-state index in [1.165, 1.54) is 0 Å². The van der Waals surface area contributed by atoms with E-state index in [0.29, 0.717) is 30.1 Å². The van der Waals surface area contributed by atoms with Gasteiger partial charge in [0.2, 0.25) is 0 Å². The van der Waals surface area contributed by atoms with Crippen molar-refractivity contribution in [2.45, 2.75) is 33.8 Å². The minimum atomic E-state index is -0.852. The smallest absolute Gasteiger partial charge is 0.347 e. The Bertz CT molecular complexity index is 893. The lowest BCUT2D eigenvalue weighted by atomic mass is 10.1. The van der Waals surface area contributed by atoms with Crippen LogP contribution in [0.1, 0.15) is 36.7 Å². The molecule has 0 saturated heterocycles. The van der Waals surface area contributed by atoms with Crippen LogP contribution in [0, 0.1) is 6.92 Å². The molecule has 0 aliphatic heterocycles. The third-order valence-corrected chi connectivity index (χ3v) is 4.42. The molecule has 2 aromatic rings. The second-order valence-electron chi connectivity index (χ2n) is 6.79. The monoisotopic (exact) mass is 412 g/mol. The third-order valence-electron chi connectivity index (χ3n) is 4.42. The zero-order chi connectivity index (χ0) is 22.1. The van der Waals surface area contributed by atoms with Gasteiger partial charge in [0.05, 0.1) is 0 Å². The zero-order valence-corrected chi connectivity index (χ0v) is 17.8. The first-order chi connectivity index (χ1) is 14.3. The molecule has 2 amide bonds. The molecule has 0 heterocycles. The Balaban J connectivity index is 1.87. The Morgan fingerprint density at radius 1 is 1.03 bits per heavy atom. The van der Waals surface area contributed by atoms with Crippen molar-refractivity contribution >= 4 is 23.5 Å². The Morgan fingerprint density at radius 2 is 1.73 bits per heavy atom. The number of anilines is 1. The number of benzene rings is 2. The van der Waals surface area contributed by atoms with Gasteiger partial charge in [-0.2, -0.15) is 0 Å². The van der Waals surface area contributed by atoms with Crippen molar-refractivity contribution in [1.82, 2.24) is 4.90 Å². The number of nitrogens with one attached hydrogen (secondary N) is 1. The van der Waals surface area contributed by atoms with Crippen molar-refractivity contribution < 1.29 is 23.9 Å². The molecule has 0 radical (unpaired) electrons. The van der Waals surface area contributed by atoms with Crippen molar-refractivity contribution in [2.24, 2.45) is 0 Å². The van der Waals surface area contributed by atoms with Gasteiger partial charge in [0, 0.05) is 24.3 Å². The lowest BCUT2D eigenvalue weighted by Gasteiger charge is -2.19. The van der Waals surface area contributed by atoms with E-state index in [1.807, 2.05) is 39.0 Å². The van der Waals surface area contributed by atoms with Crippen molar-refractivity contribution in [3.63, 3.8) is 0 Å². The Kier molecular flexibility index (Phi) is 8.41. The molecule has 2 rings (SSSR count). The molecule has 7 heteroatoms. The van der Waals surface area contributed by atoms with Crippen molar-refractivity contribution in [2.75, 3.05) is 25.0 Å². The minimum absolute atomic E-state index is 0.107. The number of hydrogen-bond donors (Lipinski definition) is 1. The lowest BCUT2D eigenvalue weighted by Crippen LogP contribution is -2.31. The van der Waals surface area contributed by atoms with Gasteiger partial charge in [-0.1, -0.05) is 18.2 Å². The quantitative estimate of drug-likeness (QED) is 0.638.